The quantitative estimate of drug-likeness (QED) is 0.553. The number of nitro benzene ring substituents is 1. The van der Waals surface area contributed by atoms with Crippen molar-refractivity contribution in [2.45, 2.75) is 0 Å². The van der Waals surface area contributed by atoms with Crippen molar-refractivity contribution in [3.8, 4) is 0 Å². The molecule has 2 aliphatic rings. The van der Waals surface area contributed by atoms with E-state index in [1.165, 1.54) is 18.2 Å². The van der Waals surface area contributed by atoms with E-state index in [1.54, 1.807) is 9.80 Å². The maximum Gasteiger partial charge on any atom is 0.288 e. The summed E-state index contributed by atoms with van der Waals surface area (Å²) >= 11 is 5.80. The normalized spacial score (nSPS) is 18.4. The van der Waals surface area contributed by atoms with Crippen LogP contribution in [-0.4, -0.2) is 90.5 Å². The molecule has 27 heavy (non-hydrogen) atoms. The van der Waals surface area contributed by atoms with Crippen molar-refractivity contribution in [1.29, 1.82) is 0 Å². The smallest absolute Gasteiger partial charge is 0.288 e. The Balaban J connectivity index is 1.54. The summed E-state index contributed by atoms with van der Waals surface area (Å²) in [5.74, 6) is -0.194. The number of ether oxygens (including phenoxy) is 1. The molecular weight excluding hydrogens is 376 g/mol. The zero-order chi connectivity index (χ0) is 19.4. The minimum absolute atomic E-state index is 0.00277. The summed E-state index contributed by atoms with van der Waals surface area (Å²) < 4.78 is 5.25. The first kappa shape index (κ1) is 19.5. The van der Waals surface area contributed by atoms with Crippen molar-refractivity contribution >= 4 is 29.1 Å². The van der Waals surface area contributed by atoms with E-state index in [0.717, 1.165) is 0 Å². The van der Waals surface area contributed by atoms with E-state index in [0.29, 0.717) is 59.0 Å². The molecule has 1 aromatic carbocycles. The van der Waals surface area contributed by atoms with Gasteiger partial charge in [0.05, 0.1) is 24.7 Å². The number of carbonyl (C=O) groups is 2. The fourth-order valence-corrected chi connectivity index (χ4v) is 3.37. The molecule has 146 valence electrons. The Hall–Kier alpha value is -2.23. The molecule has 9 nitrogen and oxygen atoms in total. The molecule has 0 saturated carbocycles. The van der Waals surface area contributed by atoms with Gasteiger partial charge >= 0.3 is 0 Å². The maximum atomic E-state index is 12.6. The van der Waals surface area contributed by atoms with Gasteiger partial charge in [0.2, 0.25) is 5.91 Å². The van der Waals surface area contributed by atoms with Gasteiger partial charge in [0, 0.05) is 50.9 Å². The number of hydrogen-bond acceptors (Lipinski definition) is 6. The van der Waals surface area contributed by atoms with Crippen LogP contribution in [0.5, 0.6) is 0 Å². The lowest BCUT2D eigenvalue weighted by Gasteiger charge is -2.36. The first-order chi connectivity index (χ1) is 13.0. The summed E-state index contributed by atoms with van der Waals surface area (Å²) in [5, 5.41) is 11.0. The number of halogens is 1. The Morgan fingerprint density at radius 1 is 1.07 bits per heavy atom. The number of piperazine rings is 1. The molecule has 0 atom stereocenters. The molecule has 1 aromatic rings. The molecule has 0 unspecified atom stereocenters. The molecule has 0 aromatic heterocycles. The molecule has 0 N–H and O–H groups in total. The van der Waals surface area contributed by atoms with Gasteiger partial charge in [-0.05, 0) is 12.1 Å². The first-order valence-electron chi connectivity index (χ1n) is 8.77. The van der Waals surface area contributed by atoms with E-state index in [2.05, 4.69) is 0 Å². The highest BCUT2D eigenvalue weighted by Crippen LogP contribution is 2.25. The second-order valence-corrected chi connectivity index (χ2v) is 6.89. The largest absolute Gasteiger partial charge is 0.378 e. The summed E-state index contributed by atoms with van der Waals surface area (Å²) in [6, 6.07) is 4.06. The van der Waals surface area contributed by atoms with E-state index in [-0.39, 0.29) is 28.1 Å². The number of benzene rings is 1. The van der Waals surface area contributed by atoms with E-state index >= 15 is 0 Å². The predicted octanol–water partition coefficient (Wildman–Crippen LogP) is 0.865. The van der Waals surface area contributed by atoms with Crippen LogP contribution in [0.25, 0.3) is 0 Å². The predicted molar refractivity (Wildman–Crippen MR) is 97.8 cm³/mol. The fourth-order valence-electron chi connectivity index (χ4n) is 3.18. The molecule has 2 fully saturated rings. The second kappa shape index (κ2) is 8.64. The average molecular weight is 397 g/mol. The zero-order valence-corrected chi connectivity index (χ0v) is 15.6. The van der Waals surface area contributed by atoms with Gasteiger partial charge in [-0.1, -0.05) is 11.6 Å². The molecule has 0 aliphatic carbocycles. The van der Waals surface area contributed by atoms with Crippen LogP contribution in [-0.2, 0) is 9.53 Å². The molecule has 10 heteroatoms. The highest BCUT2D eigenvalue weighted by molar-refractivity contribution is 6.32. The Morgan fingerprint density at radius 3 is 2.37 bits per heavy atom. The molecule has 2 saturated heterocycles. The third kappa shape index (κ3) is 4.74. The standard InChI is InChI=1S/C17H21ClN4O5/c18-14-2-1-13(11-15(14)22(25)26)17(24)21-5-3-19(4-6-21)12-16(23)20-7-9-27-10-8-20/h1-2,11H,3-10,12H2. The van der Waals surface area contributed by atoms with Gasteiger partial charge in [-0.2, -0.15) is 0 Å². The molecule has 2 heterocycles. The van der Waals surface area contributed by atoms with Crippen molar-refractivity contribution in [3.05, 3.63) is 38.9 Å². The van der Waals surface area contributed by atoms with Crippen molar-refractivity contribution in [1.82, 2.24) is 14.7 Å². The number of amides is 2. The molecule has 3 rings (SSSR count). The summed E-state index contributed by atoms with van der Waals surface area (Å²) in [7, 11) is 0. The third-order valence-corrected chi connectivity index (χ3v) is 5.09. The number of morpholine rings is 1. The Bertz CT molecular complexity index is 730. The lowest BCUT2D eigenvalue weighted by molar-refractivity contribution is -0.384. The Kier molecular flexibility index (Phi) is 6.25. The van der Waals surface area contributed by atoms with Crippen molar-refractivity contribution < 1.29 is 19.2 Å². The summed E-state index contributed by atoms with van der Waals surface area (Å²) in [6.07, 6.45) is 0. The Morgan fingerprint density at radius 2 is 1.74 bits per heavy atom. The van der Waals surface area contributed by atoms with Crippen LogP contribution in [0.3, 0.4) is 0 Å². The van der Waals surface area contributed by atoms with Crippen LogP contribution < -0.4 is 0 Å². The number of nitro groups is 1. The highest BCUT2D eigenvalue weighted by atomic mass is 35.5. The van der Waals surface area contributed by atoms with Gasteiger partial charge in [-0.3, -0.25) is 24.6 Å². The van der Waals surface area contributed by atoms with E-state index in [9.17, 15) is 19.7 Å². The highest BCUT2D eigenvalue weighted by Gasteiger charge is 2.26. The SMILES string of the molecule is O=C(CN1CCN(C(=O)c2ccc(Cl)c([N+](=O)[O-])c2)CC1)N1CCOCC1. The number of nitrogens with zero attached hydrogens (tertiary/aromatic N) is 4. The molecule has 0 radical (unpaired) electrons. The number of carbonyl (C=O) groups excluding carboxylic acids is 2. The van der Waals surface area contributed by atoms with Crippen LogP contribution >= 0.6 is 11.6 Å². The van der Waals surface area contributed by atoms with Crippen molar-refractivity contribution in [3.63, 3.8) is 0 Å². The van der Waals surface area contributed by atoms with Gasteiger partial charge in [-0.25, -0.2) is 0 Å². The van der Waals surface area contributed by atoms with Gasteiger partial charge in [-0.15, -0.1) is 0 Å². The summed E-state index contributed by atoms with van der Waals surface area (Å²) in [4.78, 5) is 40.8. The van der Waals surface area contributed by atoms with Crippen LogP contribution in [0.15, 0.2) is 18.2 Å². The van der Waals surface area contributed by atoms with E-state index < -0.39 is 4.92 Å². The van der Waals surface area contributed by atoms with Crippen LogP contribution in [0.2, 0.25) is 5.02 Å². The van der Waals surface area contributed by atoms with Crippen molar-refractivity contribution in [2.75, 3.05) is 59.0 Å². The maximum absolute atomic E-state index is 12.6. The molecule has 0 spiro atoms. The lowest BCUT2D eigenvalue weighted by Crippen LogP contribution is -2.52. The van der Waals surface area contributed by atoms with E-state index in [1.807, 2.05) is 4.90 Å². The van der Waals surface area contributed by atoms with Crippen LogP contribution in [0.4, 0.5) is 5.69 Å². The van der Waals surface area contributed by atoms with Gasteiger partial charge in [0.25, 0.3) is 11.6 Å². The van der Waals surface area contributed by atoms with E-state index in [4.69, 9.17) is 16.3 Å². The molecule has 2 aliphatic heterocycles. The minimum Gasteiger partial charge on any atom is -0.378 e. The monoisotopic (exact) mass is 396 g/mol. The summed E-state index contributed by atoms with van der Waals surface area (Å²) in [5.41, 5.74) is -0.0406. The van der Waals surface area contributed by atoms with Gasteiger partial charge in [0.1, 0.15) is 5.02 Å². The second-order valence-electron chi connectivity index (χ2n) is 6.48. The van der Waals surface area contributed by atoms with Crippen molar-refractivity contribution in [2.24, 2.45) is 0 Å². The Labute approximate surface area is 161 Å². The zero-order valence-electron chi connectivity index (χ0n) is 14.8. The minimum atomic E-state index is -0.603. The summed E-state index contributed by atoms with van der Waals surface area (Å²) in [6.45, 7) is 4.79. The molecule has 0 bridgehead atoms. The van der Waals surface area contributed by atoms with Crippen LogP contribution in [0.1, 0.15) is 10.4 Å². The van der Waals surface area contributed by atoms with Crippen LogP contribution in [0, 0.1) is 10.1 Å². The van der Waals surface area contributed by atoms with Gasteiger partial charge < -0.3 is 14.5 Å². The average Bonchev–Trinajstić information content (AvgIpc) is 2.69. The topological polar surface area (TPSA) is 96.2 Å². The molecular formula is C17H21ClN4O5. The number of hydrogen-bond donors (Lipinski definition) is 0. The molecule has 2 amide bonds. The lowest BCUT2D eigenvalue weighted by atomic mass is 10.1. The first-order valence-corrected chi connectivity index (χ1v) is 9.14. The number of rotatable bonds is 4. The van der Waals surface area contributed by atoms with Gasteiger partial charge in [0.15, 0.2) is 0 Å². The third-order valence-electron chi connectivity index (χ3n) is 4.77. The fraction of sp³-hybridized carbons (Fsp3) is 0.529.